The maximum absolute atomic E-state index is 11.0. The molecule has 0 saturated carbocycles. The van der Waals surface area contributed by atoms with Crippen molar-refractivity contribution in [3.63, 3.8) is 0 Å². The Morgan fingerprint density at radius 1 is 1.75 bits per heavy atom. The van der Waals surface area contributed by atoms with Crippen LogP contribution in [-0.2, 0) is 9.53 Å². The van der Waals surface area contributed by atoms with E-state index in [1.165, 1.54) is 0 Å². The van der Waals surface area contributed by atoms with Crippen LogP contribution >= 0.6 is 0 Å². The van der Waals surface area contributed by atoms with Gasteiger partial charge in [-0.2, -0.15) is 0 Å². The summed E-state index contributed by atoms with van der Waals surface area (Å²) in [6.07, 6.45) is 2.99. The van der Waals surface area contributed by atoms with Gasteiger partial charge in [-0.25, -0.2) is 0 Å². The molecule has 1 aliphatic heterocycles. The van der Waals surface area contributed by atoms with Gasteiger partial charge in [-0.05, 0) is 19.8 Å². The quantitative estimate of drug-likeness (QED) is 0.690. The van der Waals surface area contributed by atoms with Crippen molar-refractivity contribution in [2.24, 2.45) is 0 Å². The number of ether oxygens (including phenoxy) is 1. The van der Waals surface area contributed by atoms with Crippen molar-refractivity contribution in [3.8, 4) is 0 Å². The SMILES string of the molecule is CCC(=O)N[C@@H](C)C1CCCO1. The Bertz CT molecular complexity index is 153. The predicted octanol–water partition coefficient (Wildman–Crippen LogP) is 1.08. The van der Waals surface area contributed by atoms with Crippen molar-refractivity contribution in [2.45, 2.75) is 45.3 Å². The van der Waals surface area contributed by atoms with Crippen molar-refractivity contribution in [1.29, 1.82) is 0 Å². The van der Waals surface area contributed by atoms with Crippen LogP contribution in [0.4, 0.5) is 0 Å². The number of amides is 1. The van der Waals surface area contributed by atoms with E-state index in [-0.39, 0.29) is 18.1 Å². The summed E-state index contributed by atoms with van der Waals surface area (Å²) in [6, 6.07) is 0.167. The molecule has 2 atom stereocenters. The van der Waals surface area contributed by atoms with Crippen LogP contribution in [0.25, 0.3) is 0 Å². The van der Waals surface area contributed by atoms with Crippen molar-refractivity contribution >= 4 is 5.91 Å². The van der Waals surface area contributed by atoms with Crippen LogP contribution in [-0.4, -0.2) is 24.7 Å². The molecular formula is C9H17NO2. The van der Waals surface area contributed by atoms with Gasteiger partial charge in [0, 0.05) is 13.0 Å². The first-order valence-corrected chi connectivity index (χ1v) is 4.65. The first-order valence-electron chi connectivity index (χ1n) is 4.65. The molecule has 12 heavy (non-hydrogen) atoms. The fourth-order valence-electron chi connectivity index (χ4n) is 1.45. The van der Waals surface area contributed by atoms with Crippen LogP contribution in [0.3, 0.4) is 0 Å². The van der Waals surface area contributed by atoms with Gasteiger partial charge in [-0.15, -0.1) is 0 Å². The number of hydrogen-bond donors (Lipinski definition) is 1. The highest BCUT2D eigenvalue weighted by molar-refractivity contribution is 5.75. The average molecular weight is 171 g/mol. The van der Waals surface area contributed by atoms with Gasteiger partial charge in [0.25, 0.3) is 0 Å². The fraction of sp³-hybridized carbons (Fsp3) is 0.889. The summed E-state index contributed by atoms with van der Waals surface area (Å²) in [7, 11) is 0. The average Bonchev–Trinajstić information content (AvgIpc) is 2.56. The maximum Gasteiger partial charge on any atom is 0.220 e. The summed E-state index contributed by atoms with van der Waals surface area (Å²) in [5.41, 5.74) is 0. The Morgan fingerprint density at radius 3 is 3.00 bits per heavy atom. The van der Waals surface area contributed by atoms with Gasteiger partial charge in [-0.1, -0.05) is 6.92 Å². The third kappa shape index (κ3) is 2.48. The molecule has 1 N–H and O–H groups in total. The molecule has 0 radical (unpaired) electrons. The van der Waals surface area contributed by atoms with E-state index in [0.717, 1.165) is 19.4 Å². The molecule has 1 heterocycles. The first-order chi connectivity index (χ1) is 5.74. The Kier molecular flexibility index (Phi) is 3.53. The highest BCUT2D eigenvalue weighted by atomic mass is 16.5. The van der Waals surface area contributed by atoms with Gasteiger partial charge < -0.3 is 10.1 Å². The third-order valence-corrected chi connectivity index (χ3v) is 2.23. The third-order valence-electron chi connectivity index (χ3n) is 2.23. The van der Waals surface area contributed by atoms with Crippen LogP contribution in [0.15, 0.2) is 0 Å². The van der Waals surface area contributed by atoms with Gasteiger partial charge in [0.05, 0.1) is 12.1 Å². The Labute approximate surface area is 73.5 Å². The molecule has 0 aromatic heterocycles. The summed E-state index contributed by atoms with van der Waals surface area (Å²) in [5, 5.41) is 2.91. The molecule has 1 saturated heterocycles. The molecule has 0 aromatic carbocycles. The lowest BCUT2D eigenvalue weighted by atomic mass is 10.1. The number of carbonyl (C=O) groups excluding carboxylic acids is 1. The molecule has 0 aromatic rings. The molecular weight excluding hydrogens is 154 g/mol. The predicted molar refractivity (Wildman–Crippen MR) is 46.9 cm³/mol. The summed E-state index contributed by atoms with van der Waals surface area (Å²) in [4.78, 5) is 11.0. The van der Waals surface area contributed by atoms with E-state index in [4.69, 9.17) is 4.74 Å². The lowest BCUT2D eigenvalue weighted by Crippen LogP contribution is -2.40. The van der Waals surface area contributed by atoms with Gasteiger partial charge in [0.2, 0.25) is 5.91 Å². The van der Waals surface area contributed by atoms with Crippen molar-refractivity contribution in [1.82, 2.24) is 5.32 Å². The molecule has 70 valence electrons. The molecule has 0 aliphatic carbocycles. The van der Waals surface area contributed by atoms with Crippen molar-refractivity contribution < 1.29 is 9.53 Å². The van der Waals surface area contributed by atoms with Crippen LogP contribution in [0.2, 0.25) is 0 Å². The highest BCUT2D eigenvalue weighted by Crippen LogP contribution is 2.15. The van der Waals surface area contributed by atoms with Crippen LogP contribution < -0.4 is 5.32 Å². The van der Waals surface area contributed by atoms with E-state index in [1.807, 2.05) is 13.8 Å². The Morgan fingerprint density at radius 2 is 2.50 bits per heavy atom. The summed E-state index contributed by atoms with van der Waals surface area (Å²) in [5.74, 6) is 0.109. The molecule has 0 spiro atoms. The van der Waals surface area contributed by atoms with Gasteiger partial charge in [0.1, 0.15) is 0 Å². The lowest BCUT2D eigenvalue weighted by Gasteiger charge is -2.19. The van der Waals surface area contributed by atoms with Gasteiger partial charge in [-0.3, -0.25) is 4.79 Å². The molecule has 3 heteroatoms. The maximum atomic E-state index is 11.0. The molecule has 1 amide bonds. The number of hydrogen-bond acceptors (Lipinski definition) is 2. The minimum absolute atomic E-state index is 0.109. The minimum Gasteiger partial charge on any atom is -0.376 e. The van der Waals surface area contributed by atoms with E-state index in [1.54, 1.807) is 0 Å². The van der Waals surface area contributed by atoms with Gasteiger partial charge in [0.15, 0.2) is 0 Å². The Balaban J connectivity index is 2.26. The zero-order chi connectivity index (χ0) is 8.97. The second-order valence-electron chi connectivity index (χ2n) is 3.26. The van der Waals surface area contributed by atoms with Gasteiger partial charge >= 0.3 is 0 Å². The topological polar surface area (TPSA) is 38.3 Å². The Hall–Kier alpha value is -0.570. The second kappa shape index (κ2) is 4.45. The zero-order valence-electron chi connectivity index (χ0n) is 7.80. The summed E-state index contributed by atoms with van der Waals surface area (Å²) < 4.78 is 5.45. The van der Waals surface area contributed by atoms with E-state index in [9.17, 15) is 4.79 Å². The summed E-state index contributed by atoms with van der Waals surface area (Å²) in [6.45, 7) is 4.71. The highest BCUT2D eigenvalue weighted by Gasteiger charge is 2.22. The van der Waals surface area contributed by atoms with E-state index < -0.39 is 0 Å². The fourth-order valence-corrected chi connectivity index (χ4v) is 1.45. The molecule has 1 fully saturated rings. The number of rotatable bonds is 3. The lowest BCUT2D eigenvalue weighted by molar-refractivity contribution is -0.122. The number of nitrogens with one attached hydrogen (secondary N) is 1. The standard InChI is InChI=1S/C9H17NO2/c1-3-9(11)10-7(2)8-5-4-6-12-8/h7-8H,3-6H2,1-2H3,(H,10,11)/t7-,8?/m0/s1. The largest absolute Gasteiger partial charge is 0.376 e. The van der Waals surface area contributed by atoms with E-state index in [2.05, 4.69) is 5.32 Å². The van der Waals surface area contributed by atoms with E-state index >= 15 is 0 Å². The minimum atomic E-state index is 0.109. The normalized spacial score (nSPS) is 25.3. The number of carbonyl (C=O) groups is 1. The molecule has 0 bridgehead atoms. The molecule has 1 aliphatic rings. The molecule has 1 unspecified atom stereocenters. The molecule has 1 rings (SSSR count). The van der Waals surface area contributed by atoms with Crippen LogP contribution in [0.1, 0.15) is 33.1 Å². The van der Waals surface area contributed by atoms with Crippen molar-refractivity contribution in [2.75, 3.05) is 6.61 Å². The molecule has 3 nitrogen and oxygen atoms in total. The summed E-state index contributed by atoms with van der Waals surface area (Å²) >= 11 is 0. The monoisotopic (exact) mass is 171 g/mol. The zero-order valence-corrected chi connectivity index (χ0v) is 7.80. The van der Waals surface area contributed by atoms with Crippen LogP contribution in [0.5, 0.6) is 0 Å². The smallest absolute Gasteiger partial charge is 0.220 e. The van der Waals surface area contributed by atoms with Crippen LogP contribution in [0, 0.1) is 0 Å². The second-order valence-corrected chi connectivity index (χ2v) is 3.26. The first kappa shape index (κ1) is 9.52. The van der Waals surface area contributed by atoms with Crippen molar-refractivity contribution in [3.05, 3.63) is 0 Å². The van der Waals surface area contributed by atoms with E-state index in [0.29, 0.717) is 6.42 Å².